The minimum absolute atomic E-state index is 0.0319. The van der Waals surface area contributed by atoms with Gasteiger partial charge in [-0.1, -0.05) is 68.0 Å². The van der Waals surface area contributed by atoms with E-state index >= 15 is 0 Å². The van der Waals surface area contributed by atoms with Crippen molar-refractivity contribution < 1.29 is 19.4 Å². The molecule has 3 aromatic carbocycles. The first-order chi connectivity index (χ1) is 23.1. The number of allylic oxidation sites excluding steroid dienone is 2. The van der Waals surface area contributed by atoms with Crippen molar-refractivity contribution in [3.63, 3.8) is 0 Å². The maximum Gasteiger partial charge on any atom is 0.310 e. The number of carbonyl (C=O) groups is 2. The average Bonchev–Trinajstić information content (AvgIpc) is 3.85. The molecule has 9 bridgehead atoms. The molecular weight excluding hydrogens is 594 g/mol. The fourth-order valence-electron chi connectivity index (χ4n) is 8.97. The molecule has 1 fully saturated rings. The van der Waals surface area contributed by atoms with Gasteiger partial charge in [-0.3, -0.25) is 9.59 Å². The van der Waals surface area contributed by atoms with Crippen LogP contribution in [-0.4, -0.2) is 35.0 Å². The van der Waals surface area contributed by atoms with E-state index in [9.17, 15) is 14.7 Å². The third kappa shape index (κ3) is 6.27. The summed E-state index contributed by atoms with van der Waals surface area (Å²) in [5.74, 6) is 0.964. The molecule has 2 aliphatic carbocycles. The molecule has 0 aromatic heterocycles. The average molecular weight is 646 g/mol. The van der Waals surface area contributed by atoms with Gasteiger partial charge < -0.3 is 14.7 Å². The first-order valence-corrected chi connectivity index (χ1v) is 18.2. The lowest BCUT2D eigenvalue weighted by Gasteiger charge is -2.36. The molecule has 1 N–H and O–H groups in total. The van der Waals surface area contributed by atoms with E-state index in [0.29, 0.717) is 48.9 Å². The van der Waals surface area contributed by atoms with Crippen LogP contribution in [0.4, 0.5) is 0 Å². The molecule has 0 saturated heterocycles. The molecule has 1 saturated carbocycles. The molecule has 5 nitrogen and oxygen atoms in total. The Labute approximate surface area is 286 Å². The van der Waals surface area contributed by atoms with Crippen LogP contribution in [0.5, 0.6) is 0 Å². The van der Waals surface area contributed by atoms with E-state index in [-0.39, 0.29) is 11.8 Å². The number of benzene rings is 3. The number of nitrogens with zero attached hydrogens (tertiary/aromatic N) is 1. The number of fused-ring (bicyclic) bond motifs is 1. The number of aliphatic carboxylic acids is 1. The Balaban J connectivity index is 1.35. The number of amides is 1. The molecule has 5 heterocycles. The highest BCUT2D eigenvalue weighted by Crippen LogP contribution is 2.55. The molecule has 1 amide bonds. The third-order valence-corrected chi connectivity index (χ3v) is 12.1. The second-order valence-electron chi connectivity index (χ2n) is 15.6. The summed E-state index contributed by atoms with van der Waals surface area (Å²) < 4.78 is 6.09. The van der Waals surface area contributed by atoms with Gasteiger partial charge >= 0.3 is 5.97 Å². The summed E-state index contributed by atoms with van der Waals surface area (Å²) in [6, 6.07) is 19.0. The highest BCUT2D eigenvalue weighted by atomic mass is 16.5. The molecule has 3 aromatic rings. The Hall–Kier alpha value is -3.70. The zero-order chi connectivity index (χ0) is 33.6. The Morgan fingerprint density at radius 2 is 1.77 bits per heavy atom. The number of carbonyl (C=O) groups excluding carboxylic acids is 1. The van der Waals surface area contributed by atoms with Crippen molar-refractivity contribution in [3.8, 4) is 0 Å². The first-order valence-electron chi connectivity index (χ1n) is 18.2. The molecule has 5 aliphatic heterocycles. The van der Waals surface area contributed by atoms with Crippen molar-refractivity contribution in [2.24, 2.45) is 17.3 Å². The van der Waals surface area contributed by atoms with E-state index in [2.05, 4.69) is 56.3 Å². The molecule has 4 unspecified atom stereocenters. The maximum absolute atomic E-state index is 13.7. The van der Waals surface area contributed by atoms with Crippen molar-refractivity contribution in [3.05, 3.63) is 117 Å². The lowest BCUT2D eigenvalue weighted by atomic mass is 9.68. The van der Waals surface area contributed by atoms with Crippen LogP contribution in [0.2, 0.25) is 0 Å². The minimum atomic E-state index is -1.04. The SMILES string of the molecule is Cc1c2ccc3c1C1CC1/C=C/CCC(CCCCOCc1ccc(cc1)C(=O)N1CCc4ccc(cc4C1)C2C(C)(C)C(=O)O)[C@H]3C. The van der Waals surface area contributed by atoms with Crippen LogP contribution in [0.25, 0.3) is 0 Å². The van der Waals surface area contributed by atoms with Gasteiger partial charge in [-0.05, 0) is 140 Å². The summed E-state index contributed by atoms with van der Waals surface area (Å²) >= 11 is 0. The minimum Gasteiger partial charge on any atom is -0.481 e. The molecule has 48 heavy (non-hydrogen) atoms. The van der Waals surface area contributed by atoms with Crippen molar-refractivity contribution in [2.45, 2.75) is 104 Å². The standard InChI is InChI=1S/C43H51NO4/c1-27-30-9-5-6-11-33-24-38(33)39-28(2)37(19-18-36(27)39)40(43(3,4)42(46)47)34-17-16-31-20-21-44(25-35(31)23-34)41(45)32-14-12-29(13-15-32)26-48-22-8-7-10-30/h6,11-19,23,27,30,33,38,40H,5,7-10,20-22,24-26H2,1-4H3,(H,46,47)/b11-6+/t27-,30?,33?,38?,40?/m1/s1. The maximum atomic E-state index is 13.7. The summed E-state index contributed by atoms with van der Waals surface area (Å²) in [4.78, 5) is 28.6. The molecule has 5 atom stereocenters. The van der Waals surface area contributed by atoms with E-state index < -0.39 is 11.4 Å². The van der Waals surface area contributed by atoms with Crippen LogP contribution in [0.15, 0.2) is 66.7 Å². The lowest BCUT2D eigenvalue weighted by molar-refractivity contribution is -0.147. The van der Waals surface area contributed by atoms with Gasteiger partial charge in [0.05, 0.1) is 12.0 Å². The van der Waals surface area contributed by atoms with E-state index in [1.165, 1.54) is 41.5 Å². The van der Waals surface area contributed by atoms with Gasteiger partial charge in [0.15, 0.2) is 0 Å². The summed E-state index contributed by atoms with van der Waals surface area (Å²) in [6.07, 6.45) is 12.5. The Bertz CT molecular complexity index is 1720. The van der Waals surface area contributed by atoms with Crippen LogP contribution < -0.4 is 0 Å². The predicted octanol–water partition coefficient (Wildman–Crippen LogP) is 9.31. The summed E-state index contributed by atoms with van der Waals surface area (Å²) in [5, 5.41) is 10.7. The van der Waals surface area contributed by atoms with Gasteiger partial charge in [-0.25, -0.2) is 0 Å². The largest absolute Gasteiger partial charge is 0.481 e. The zero-order valence-electron chi connectivity index (χ0n) is 29.1. The fourth-order valence-corrected chi connectivity index (χ4v) is 8.97. The molecule has 10 rings (SSSR count). The van der Waals surface area contributed by atoms with Crippen LogP contribution in [0.3, 0.4) is 0 Å². The van der Waals surface area contributed by atoms with Gasteiger partial charge in [0.2, 0.25) is 0 Å². The molecular formula is C43H51NO4. The topological polar surface area (TPSA) is 66.8 Å². The van der Waals surface area contributed by atoms with E-state index in [1.54, 1.807) is 0 Å². The van der Waals surface area contributed by atoms with Crippen LogP contribution in [-0.2, 0) is 29.1 Å². The summed E-state index contributed by atoms with van der Waals surface area (Å²) in [7, 11) is 0. The summed E-state index contributed by atoms with van der Waals surface area (Å²) in [6.45, 7) is 10.9. The molecule has 5 heteroatoms. The van der Waals surface area contributed by atoms with Crippen LogP contribution >= 0.6 is 0 Å². The van der Waals surface area contributed by atoms with Crippen molar-refractivity contribution >= 4 is 11.9 Å². The van der Waals surface area contributed by atoms with Crippen LogP contribution in [0.1, 0.15) is 132 Å². The highest BCUT2D eigenvalue weighted by molar-refractivity contribution is 5.94. The van der Waals surface area contributed by atoms with E-state index in [1.807, 2.05) is 43.0 Å². The van der Waals surface area contributed by atoms with Gasteiger partial charge in [0.25, 0.3) is 5.91 Å². The number of carboxylic acid groups (broad SMARTS) is 1. The number of ether oxygens (including phenoxy) is 1. The van der Waals surface area contributed by atoms with Crippen molar-refractivity contribution in [2.75, 3.05) is 13.2 Å². The second-order valence-corrected chi connectivity index (χ2v) is 15.6. The van der Waals surface area contributed by atoms with E-state index in [4.69, 9.17) is 4.74 Å². The van der Waals surface area contributed by atoms with Crippen LogP contribution in [0, 0.1) is 24.2 Å². The van der Waals surface area contributed by atoms with Gasteiger partial charge in [0.1, 0.15) is 0 Å². The molecule has 0 spiro atoms. The number of hydrogen-bond acceptors (Lipinski definition) is 3. The smallest absolute Gasteiger partial charge is 0.310 e. The number of rotatable bonds is 2. The Kier molecular flexibility index (Phi) is 9.10. The highest BCUT2D eigenvalue weighted by Gasteiger charge is 2.44. The zero-order valence-corrected chi connectivity index (χ0v) is 29.1. The quantitative estimate of drug-likeness (QED) is 0.282. The molecule has 252 valence electrons. The van der Waals surface area contributed by atoms with Gasteiger partial charge in [0, 0.05) is 31.2 Å². The monoisotopic (exact) mass is 645 g/mol. The third-order valence-electron chi connectivity index (χ3n) is 12.1. The number of carboxylic acids is 1. The van der Waals surface area contributed by atoms with Crippen molar-refractivity contribution in [1.82, 2.24) is 4.90 Å². The Morgan fingerprint density at radius 1 is 0.979 bits per heavy atom. The first kappa shape index (κ1) is 32.8. The van der Waals surface area contributed by atoms with Gasteiger partial charge in [-0.2, -0.15) is 0 Å². The molecule has 7 aliphatic rings. The molecule has 0 radical (unpaired) electrons. The predicted molar refractivity (Wildman–Crippen MR) is 190 cm³/mol. The van der Waals surface area contributed by atoms with Crippen molar-refractivity contribution in [1.29, 1.82) is 0 Å². The second kappa shape index (κ2) is 13.3. The van der Waals surface area contributed by atoms with E-state index in [0.717, 1.165) is 54.5 Å². The van der Waals surface area contributed by atoms with Gasteiger partial charge in [-0.15, -0.1) is 0 Å². The lowest BCUT2D eigenvalue weighted by Crippen LogP contribution is -2.36. The Morgan fingerprint density at radius 3 is 2.56 bits per heavy atom. The summed E-state index contributed by atoms with van der Waals surface area (Å²) in [5.41, 5.74) is 9.42. The number of hydrogen-bond donors (Lipinski definition) is 1. The fraction of sp³-hybridized carbons (Fsp3) is 0.488. The normalized spacial score (nSPS) is 26.7.